The van der Waals surface area contributed by atoms with Gasteiger partial charge in [-0.3, -0.25) is 14.9 Å². The van der Waals surface area contributed by atoms with Crippen molar-refractivity contribution in [2.45, 2.75) is 18.9 Å². The summed E-state index contributed by atoms with van der Waals surface area (Å²) in [5.41, 5.74) is 0.837. The van der Waals surface area contributed by atoms with Crippen molar-refractivity contribution in [3.8, 4) is 0 Å². The summed E-state index contributed by atoms with van der Waals surface area (Å²) in [5, 5.41) is 8.41. The number of benzene rings is 1. The number of amides is 2. The van der Waals surface area contributed by atoms with Crippen molar-refractivity contribution in [3.63, 3.8) is 0 Å². The van der Waals surface area contributed by atoms with Crippen LogP contribution in [-0.2, 0) is 9.59 Å². The van der Waals surface area contributed by atoms with Crippen LogP contribution in [0.1, 0.15) is 12.8 Å². The Morgan fingerprint density at radius 1 is 1.23 bits per heavy atom. The van der Waals surface area contributed by atoms with E-state index in [2.05, 4.69) is 16.0 Å². The number of carbonyl (C=O) groups is 2. The molecule has 2 amide bonds. The average Bonchev–Trinajstić information content (AvgIpc) is 2.53. The molecule has 2 aliphatic rings. The lowest BCUT2D eigenvalue weighted by Crippen LogP contribution is -2.47. The van der Waals surface area contributed by atoms with Gasteiger partial charge in [0.05, 0.1) is 11.4 Å². The van der Waals surface area contributed by atoms with Gasteiger partial charge in [0.2, 0.25) is 11.8 Å². The second-order valence-corrected chi connectivity index (χ2v) is 5.52. The molecule has 7 heteroatoms. The first-order valence-corrected chi connectivity index (χ1v) is 7.49. The fraction of sp³-hybridized carbons (Fsp3) is 0.467. The summed E-state index contributed by atoms with van der Waals surface area (Å²) in [6.45, 7) is 3.14. The zero-order chi connectivity index (χ0) is 15.5. The van der Waals surface area contributed by atoms with Crippen LogP contribution in [0.5, 0.6) is 0 Å². The number of imide groups is 1. The van der Waals surface area contributed by atoms with E-state index in [0.29, 0.717) is 17.8 Å². The summed E-state index contributed by atoms with van der Waals surface area (Å²) in [4.78, 5) is 24.9. The summed E-state index contributed by atoms with van der Waals surface area (Å²) in [5.74, 6) is -1.03. The van der Waals surface area contributed by atoms with Crippen LogP contribution in [0.4, 0.5) is 15.8 Å². The molecule has 3 N–H and O–H groups in total. The topological polar surface area (TPSA) is 73.5 Å². The van der Waals surface area contributed by atoms with E-state index in [9.17, 15) is 14.0 Å². The number of nitrogens with zero attached hydrogens (tertiary/aromatic N) is 1. The normalized spacial score (nSPS) is 22.4. The van der Waals surface area contributed by atoms with Gasteiger partial charge in [-0.15, -0.1) is 0 Å². The molecule has 2 heterocycles. The van der Waals surface area contributed by atoms with Crippen molar-refractivity contribution in [2.24, 2.45) is 0 Å². The molecular weight excluding hydrogens is 287 g/mol. The van der Waals surface area contributed by atoms with Crippen LogP contribution in [0.15, 0.2) is 18.2 Å². The molecule has 22 heavy (non-hydrogen) atoms. The smallest absolute Gasteiger partial charge is 0.249 e. The van der Waals surface area contributed by atoms with Crippen LogP contribution in [-0.4, -0.2) is 44.0 Å². The Morgan fingerprint density at radius 2 is 2.00 bits per heavy atom. The number of halogens is 1. The quantitative estimate of drug-likeness (QED) is 0.707. The van der Waals surface area contributed by atoms with Crippen molar-refractivity contribution in [1.29, 1.82) is 0 Å². The van der Waals surface area contributed by atoms with E-state index >= 15 is 0 Å². The number of rotatable bonds is 3. The van der Waals surface area contributed by atoms with Gasteiger partial charge in [0, 0.05) is 32.6 Å². The Balaban J connectivity index is 1.76. The monoisotopic (exact) mass is 306 g/mol. The minimum atomic E-state index is -0.578. The highest BCUT2D eigenvalue weighted by Crippen LogP contribution is 2.27. The van der Waals surface area contributed by atoms with Crippen LogP contribution in [0.25, 0.3) is 0 Å². The minimum Gasteiger partial charge on any atom is -0.371 e. The molecule has 2 fully saturated rings. The Bertz CT molecular complexity index is 587. The summed E-state index contributed by atoms with van der Waals surface area (Å²) >= 11 is 0. The SMILES string of the molecule is O=C1CCC(Nc2cccc(N3CCNCC3)c2F)C(=O)N1. The van der Waals surface area contributed by atoms with Crippen LogP contribution < -0.4 is 20.9 Å². The van der Waals surface area contributed by atoms with Gasteiger partial charge < -0.3 is 15.5 Å². The first-order valence-electron chi connectivity index (χ1n) is 7.49. The molecule has 6 nitrogen and oxygen atoms in total. The second kappa shape index (κ2) is 6.31. The van der Waals surface area contributed by atoms with Crippen molar-refractivity contribution in [3.05, 3.63) is 24.0 Å². The molecule has 2 saturated heterocycles. The molecule has 2 aliphatic heterocycles. The van der Waals surface area contributed by atoms with Gasteiger partial charge in [-0.1, -0.05) is 6.07 Å². The van der Waals surface area contributed by atoms with Crippen molar-refractivity contribution < 1.29 is 14.0 Å². The lowest BCUT2D eigenvalue weighted by atomic mass is 10.1. The number of anilines is 2. The van der Waals surface area contributed by atoms with Crippen molar-refractivity contribution >= 4 is 23.2 Å². The number of piperazine rings is 1. The summed E-state index contributed by atoms with van der Waals surface area (Å²) in [6.07, 6.45) is 0.643. The number of hydrogen-bond acceptors (Lipinski definition) is 5. The lowest BCUT2D eigenvalue weighted by molar-refractivity contribution is -0.133. The molecule has 1 aromatic carbocycles. The van der Waals surface area contributed by atoms with E-state index in [4.69, 9.17) is 0 Å². The molecule has 1 atom stereocenters. The molecule has 0 radical (unpaired) electrons. The van der Waals surface area contributed by atoms with Crippen molar-refractivity contribution in [1.82, 2.24) is 10.6 Å². The maximum atomic E-state index is 14.7. The van der Waals surface area contributed by atoms with Crippen LogP contribution in [0, 0.1) is 5.82 Å². The summed E-state index contributed by atoms with van der Waals surface area (Å²) < 4.78 is 14.7. The molecule has 3 rings (SSSR count). The molecule has 0 saturated carbocycles. The second-order valence-electron chi connectivity index (χ2n) is 5.52. The predicted molar refractivity (Wildman–Crippen MR) is 81.3 cm³/mol. The van der Waals surface area contributed by atoms with E-state index in [1.54, 1.807) is 18.2 Å². The average molecular weight is 306 g/mol. The van der Waals surface area contributed by atoms with E-state index in [0.717, 1.165) is 26.2 Å². The van der Waals surface area contributed by atoms with E-state index in [1.807, 2.05) is 4.90 Å². The van der Waals surface area contributed by atoms with Crippen LogP contribution in [0.3, 0.4) is 0 Å². The minimum absolute atomic E-state index is 0.266. The number of nitrogens with one attached hydrogen (secondary N) is 3. The van der Waals surface area contributed by atoms with Gasteiger partial charge in [-0.05, 0) is 18.6 Å². The highest BCUT2D eigenvalue weighted by molar-refractivity contribution is 6.01. The first kappa shape index (κ1) is 14.8. The maximum absolute atomic E-state index is 14.7. The number of piperidine rings is 1. The molecule has 1 aromatic rings. The van der Waals surface area contributed by atoms with Crippen molar-refractivity contribution in [2.75, 3.05) is 36.4 Å². The Hall–Kier alpha value is -2.15. The van der Waals surface area contributed by atoms with Gasteiger partial charge in [-0.2, -0.15) is 0 Å². The van der Waals surface area contributed by atoms with E-state index < -0.39 is 11.9 Å². The predicted octanol–water partition coefficient (Wildman–Crippen LogP) is 0.452. The zero-order valence-electron chi connectivity index (χ0n) is 12.2. The zero-order valence-corrected chi connectivity index (χ0v) is 12.2. The van der Waals surface area contributed by atoms with E-state index in [-0.39, 0.29) is 18.1 Å². The van der Waals surface area contributed by atoms with Gasteiger partial charge in [0.1, 0.15) is 6.04 Å². The molecule has 0 spiro atoms. The molecule has 118 valence electrons. The van der Waals surface area contributed by atoms with Gasteiger partial charge in [0.15, 0.2) is 5.82 Å². The molecule has 1 unspecified atom stereocenters. The number of carbonyl (C=O) groups excluding carboxylic acids is 2. The largest absolute Gasteiger partial charge is 0.371 e. The van der Waals surface area contributed by atoms with Crippen LogP contribution in [0.2, 0.25) is 0 Å². The van der Waals surface area contributed by atoms with Gasteiger partial charge >= 0.3 is 0 Å². The number of hydrogen-bond donors (Lipinski definition) is 3. The Kier molecular flexibility index (Phi) is 4.24. The van der Waals surface area contributed by atoms with Gasteiger partial charge in [0.25, 0.3) is 0 Å². The fourth-order valence-corrected chi connectivity index (χ4v) is 2.80. The third-order valence-electron chi connectivity index (χ3n) is 4.00. The summed E-state index contributed by atoms with van der Waals surface area (Å²) in [6, 6.07) is 4.56. The molecular formula is C15H19FN4O2. The first-order chi connectivity index (χ1) is 10.6. The Morgan fingerprint density at radius 3 is 2.73 bits per heavy atom. The Labute approximate surface area is 128 Å². The third-order valence-corrected chi connectivity index (χ3v) is 4.00. The maximum Gasteiger partial charge on any atom is 0.249 e. The standard InChI is InChI=1S/C15H19FN4O2/c16-14-10(18-11-4-5-13(21)19-15(11)22)2-1-3-12(14)20-8-6-17-7-9-20/h1-3,11,17-18H,4-9H2,(H,19,21,22). The fourth-order valence-electron chi connectivity index (χ4n) is 2.80. The highest BCUT2D eigenvalue weighted by atomic mass is 19.1. The molecule has 0 bridgehead atoms. The third kappa shape index (κ3) is 3.04. The van der Waals surface area contributed by atoms with E-state index in [1.165, 1.54) is 0 Å². The lowest BCUT2D eigenvalue weighted by Gasteiger charge is -2.30. The molecule has 0 aromatic heterocycles. The summed E-state index contributed by atoms with van der Waals surface area (Å²) in [7, 11) is 0. The van der Waals surface area contributed by atoms with Gasteiger partial charge in [-0.25, -0.2) is 4.39 Å². The highest BCUT2D eigenvalue weighted by Gasteiger charge is 2.27. The van der Waals surface area contributed by atoms with Crippen LogP contribution >= 0.6 is 0 Å². The molecule has 0 aliphatic carbocycles.